The number of rotatable bonds is 7. The van der Waals surface area contributed by atoms with Crippen molar-refractivity contribution >= 4 is 28.8 Å². The summed E-state index contributed by atoms with van der Waals surface area (Å²) < 4.78 is 21.6. The van der Waals surface area contributed by atoms with Crippen LogP contribution in [0, 0.1) is 12.7 Å². The first-order valence-electron chi connectivity index (χ1n) is 12.2. The maximum atomic E-state index is 14.0. The molecular weight excluding hydrogens is 487 g/mol. The van der Waals surface area contributed by atoms with Crippen LogP contribution in [-0.2, 0) is 16.0 Å². The molecule has 8 nitrogen and oxygen atoms in total. The smallest absolute Gasteiger partial charge is 0.331 e. The lowest BCUT2D eigenvalue weighted by molar-refractivity contribution is -0.577. The van der Waals surface area contributed by atoms with Gasteiger partial charge in [-0.2, -0.15) is 4.57 Å². The molecule has 2 aromatic carbocycles. The number of anilines is 1. The van der Waals surface area contributed by atoms with E-state index in [4.69, 9.17) is 4.74 Å². The van der Waals surface area contributed by atoms with E-state index in [0.717, 1.165) is 10.5 Å². The van der Waals surface area contributed by atoms with Crippen LogP contribution < -0.4 is 19.8 Å². The zero-order chi connectivity index (χ0) is 27.0. The van der Waals surface area contributed by atoms with Gasteiger partial charge in [-0.05, 0) is 67.9 Å². The predicted octanol–water partition coefficient (Wildman–Crippen LogP) is 3.80. The molecule has 0 bridgehead atoms. The number of halogens is 1. The van der Waals surface area contributed by atoms with E-state index in [1.54, 1.807) is 47.3 Å². The van der Waals surface area contributed by atoms with Gasteiger partial charge in [0.05, 0.1) is 24.0 Å². The fourth-order valence-corrected chi connectivity index (χ4v) is 4.62. The predicted molar refractivity (Wildman–Crippen MR) is 140 cm³/mol. The Morgan fingerprint density at radius 2 is 1.63 bits per heavy atom. The SMILES string of the molecule is CCCc1[nH]n(-c2ccc(F)cc2)c(=O)c1C1=C([n+]2cccc(C)c2)C(=O)N(c2ccc(OC)cc2)C1=O. The highest BCUT2D eigenvalue weighted by atomic mass is 19.1. The van der Waals surface area contributed by atoms with E-state index in [0.29, 0.717) is 35.7 Å². The summed E-state index contributed by atoms with van der Waals surface area (Å²) in [7, 11) is 1.53. The maximum Gasteiger partial charge on any atom is 0.331 e. The number of carbonyl (C=O) groups excluding carboxylic acids is 2. The Hall–Kier alpha value is -4.79. The molecule has 2 aromatic heterocycles. The van der Waals surface area contributed by atoms with Gasteiger partial charge in [0, 0.05) is 17.3 Å². The normalized spacial score (nSPS) is 13.5. The largest absolute Gasteiger partial charge is 0.497 e. The lowest BCUT2D eigenvalue weighted by atomic mass is 10.0. The van der Waals surface area contributed by atoms with Crippen molar-refractivity contribution in [3.63, 3.8) is 0 Å². The molecule has 0 atom stereocenters. The van der Waals surface area contributed by atoms with Gasteiger partial charge in [0.25, 0.3) is 17.2 Å². The molecule has 0 fully saturated rings. The number of pyridine rings is 1. The van der Waals surface area contributed by atoms with Crippen LogP contribution in [0.2, 0.25) is 0 Å². The van der Waals surface area contributed by atoms with Crippen molar-refractivity contribution in [3.05, 3.63) is 106 Å². The number of methoxy groups -OCH3 is 1. The van der Waals surface area contributed by atoms with E-state index in [2.05, 4.69) is 5.10 Å². The second-order valence-corrected chi connectivity index (χ2v) is 8.99. The van der Waals surface area contributed by atoms with Gasteiger partial charge < -0.3 is 4.74 Å². The van der Waals surface area contributed by atoms with E-state index in [9.17, 15) is 18.8 Å². The van der Waals surface area contributed by atoms with Gasteiger partial charge in [0.2, 0.25) is 0 Å². The first-order chi connectivity index (χ1) is 18.3. The summed E-state index contributed by atoms with van der Waals surface area (Å²) in [5.41, 5.74) is 1.85. The molecule has 0 saturated carbocycles. The molecule has 192 valence electrons. The van der Waals surface area contributed by atoms with Crippen LogP contribution in [0.1, 0.15) is 30.2 Å². The van der Waals surface area contributed by atoms with Crippen molar-refractivity contribution in [1.82, 2.24) is 9.78 Å². The number of aromatic nitrogens is 3. The number of nitrogens with one attached hydrogen (secondary N) is 1. The minimum atomic E-state index is -0.608. The molecule has 5 rings (SSSR count). The molecule has 0 spiro atoms. The third-order valence-electron chi connectivity index (χ3n) is 6.40. The summed E-state index contributed by atoms with van der Waals surface area (Å²) >= 11 is 0. The molecule has 4 aromatic rings. The maximum absolute atomic E-state index is 14.0. The van der Waals surface area contributed by atoms with Crippen molar-refractivity contribution in [1.29, 1.82) is 0 Å². The second-order valence-electron chi connectivity index (χ2n) is 8.99. The molecule has 3 heterocycles. The van der Waals surface area contributed by atoms with E-state index < -0.39 is 23.2 Å². The third kappa shape index (κ3) is 4.21. The van der Waals surface area contributed by atoms with Gasteiger partial charge in [-0.1, -0.05) is 13.3 Å². The third-order valence-corrected chi connectivity index (χ3v) is 6.40. The molecule has 0 saturated heterocycles. The fraction of sp³-hybridized carbons (Fsp3) is 0.172. The molecule has 1 aliphatic heterocycles. The van der Waals surface area contributed by atoms with Crippen LogP contribution >= 0.6 is 0 Å². The number of hydrogen-bond donors (Lipinski definition) is 1. The van der Waals surface area contributed by atoms with Crippen molar-refractivity contribution in [2.45, 2.75) is 26.7 Å². The van der Waals surface area contributed by atoms with E-state index in [1.807, 2.05) is 19.9 Å². The molecule has 0 unspecified atom stereocenters. The lowest BCUT2D eigenvalue weighted by Crippen LogP contribution is -2.39. The Morgan fingerprint density at radius 1 is 0.947 bits per heavy atom. The van der Waals surface area contributed by atoms with Gasteiger partial charge in [0.1, 0.15) is 17.1 Å². The number of hydrogen-bond acceptors (Lipinski definition) is 4. The van der Waals surface area contributed by atoms with Crippen molar-refractivity contribution in [3.8, 4) is 11.4 Å². The molecular formula is C29H26FN4O4+. The number of ether oxygens (including phenoxy) is 1. The van der Waals surface area contributed by atoms with Gasteiger partial charge >= 0.3 is 5.91 Å². The number of aromatic amines is 1. The zero-order valence-corrected chi connectivity index (χ0v) is 21.2. The number of aryl methyl sites for hydroxylation is 2. The zero-order valence-electron chi connectivity index (χ0n) is 21.2. The molecule has 2 amide bonds. The summed E-state index contributed by atoms with van der Waals surface area (Å²) in [6, 6.07) is 15.7. The van der Waals surface area contributed by atoms with Gasteiger partial charge in [-0.3, -0.25) is 19.5 Å². The number of amides is 2. The summed E-state index contributed by atoms with van der Waals surface area (Å²) in [5.74, 6) is -1.02. The average molecular weight is 514 g/mol. The topological polar surface area (TPSA) is 88.3 Å². The second kappa shape index (κ2) is 9.93. The number of nitrogens with zero attached hydrogens (tertiary/aromatic N) is 3. The number of H-pyrrole nitrogens is 1. The minimum absolute atomic E-state index is 0.00646. The standard InChI is InChI=1S/C29H25FN4O4/c1-4-6-23-24(28(36)34(31-23)21-10-8-19(30)9-11-21)25-26(32-16-5-7-18(2)17-32)29(37)33(27(25)35)20-12-14-22(38-3)15-13-20/h5,7-17H,4,6H2,1-3H3/p+1. The Morgan fingerprint density at radius 3 is 2.26 bits per heavy atom. The molecule has 38 heavy (non-hydrogen) atoms. The number of benzene rings is 2. The van der Waals surface area contributed by atoms with Crippen LogP contribution in [0.25, 0.3) is 17.0 Å². The summed E-state index contributed by atoms with van der Waals surface area (Å²) in [6.45, 7) is 3.83. The van der Waals surface area contributed by atoms with Crippen LogP contribution in [0.5, 0.6) is 5.75 Å². The molecule has 1 N–H and O–H groups in total. The summed E-state index contributed by atoms with van der Waals surface area (Å²) in [5, 5.41) is 3.09. The number of imide groups is 1. The number of carbonyl (C=O) groups is 2. The first kappa shape index (κ1) is 24.9. The quantitative estimate of drug-likeness (QED) is 0.301. The van der Waals surface area contributed by atoms with E-state index >= 15 is 0 Å². The van der Waals surface area contributed by atoms with Crippen molar-refractivity contribution in [2.75, 3.05) is 12.0 Å². The highest BCUT2D eigenvalue weighted by Gasteiger charge is 2.48. The van der Waals surface area contributed by atoms with Crippen molar-refractivity contribution in [2.24, 2.45) is 0 Å². The van der Waals surface area contributed by atoms with Crippen LogP contribution in [-0.4, -0.2) is 28.7 Å². The van der Waals surface area contributed by atoms with Crippen LogP contribution in [0.4, 0.5) is 10.1 Å². The van der Waals surface area contributed by atoms with Gasteiger partial charge in [-0.15, -0.1) is 0 Å². The molecule has 1 aliphatic rings. The van der Waals surface area contributed by atoms with E-state index in [1.165, 1.54) is 36.1 Å². The molecule has 0 radical (unpaired) electrons. The summed E-state index contributed by atoms with van der Waals surface area (Å²) in [6.07, 6.45) is 4.55. The summed E-state index contributed by atoms with van der Waals surface area (Å²) in [4.78, 5) is 42.9. The highest BCUT2D eigenvalue weighted by Crippen LogP contribution is 2.34. The Bertz CT molecular complexity index is 1630. The first-order valence-corrected chi connectivity index (χ1v) is 12.2. The molecule has 0 aliphatic carbocycles. The Labute approximate surface area is 218 Å². The monoisotopic (exact) mass is 513 g/mol. The van der Waals surface area contributed by atoms with E-state index in [-0.39, 0.29) is 16.8 Å². The lowest BCUT2D eigenvalue weighted by Gasteiger charge is -2.14. The fourth-order valence-electron chi connectivity index (χ4n) is 4.62. The highest BCUT2D eigenvalue weighted by molar-refractivity contribution is 6.53. The van der Waals surface area contributed by atoms with Crippen molar-refractivity contribution < 1.29 is 23.3 Å². The Balaban J connectivity index is 1.76. The van der Waals surface area contributed by atoms with Crippen LogP contribution in [0.15, 0.2) is 77.9 Å². The Kier molecular flexibility index (Phi) is 6.50. The van der Waals surface area contributed by atoms with Gasteiger partial charge in [-0.25, -0.2) is 14.0 Å². The molecule has 9 heteroatoms. The minimum Gasteiger partial charge on any atom is -0.497 e. The van der Waals surface area contributed by atoms with Crippen LogP contribution in [0.3, 0.4) is 0 Å². The van der Waals surface area contributed by atoms with Gasteiger partial charge in [0.15, 0.2) is 12.4 Å². The average Bonchev–Trinajstić information content (AvgIpc) is 3.36.